The van der Waals surface area contributed by atoms with Crippen molar-refractivity contribution in [3.05, 3.63) is 261 Å². The summed E-state index contributed by atoms with van der Waals surface area (Å²) in [5.74, 6) is 3.37. The fourth-order valence-corrected chi connectivity index (χ4v) is 17.1. The van der Waals surface area contributed by atoms with Crippen molar-refractivity contribution in [2.45, 2.75) is 0 Å². The first-order chi connectivity index (χ1) is 35.7. The number of ether oxygens (including phenoxy) is 2. The van der Waals surface area contributed by atoms with E-state index in [1.807, 2.05) is 0 Å². The highest BCUT2D eigenvalue weighted by atomic mass is 28.3. The molecule has 0 radical (unpaired) electrons. The monoisotopic (exact) mass is 934 g/mol. The van der Waals surface area contributed by atoms with Crippen LogP contribution in [0.3, 0.4) is 0 Å². The van der Waals surface area contributed by atoms with E-state index < -0.39 is 8.07 Å². The Morgan fingerprint density at radius 1 is 0.319 bits per heavy atom. The molecule has 11 aromatic carbocycles. The van der Waals surface area contributed by atoms with E-state index in [0.29, 0.717) is 0 Å². The van der Waals surface area contributed by atoms with E-state index in [4.69, 9.17) is 9.47 Å². The summed E-state index contributed by atoms with van der Waals surface area (Å²) in [4.78, 5) is 0. The van der Waals surface area contributed by atoms with E-state index >= 15 is 0 Å². The number of aromatic nitrogens is 2. The second kappa shape index (κ2) is 16.0. The summed E-state index contributed by atoms with van der Waals surface area (Å²) >= 11 is 0. The smallest absolute Gasteiger partial charge is 0.260 e. The molecule has 13 aromatic rings. The summed E-state index contributed by atoms with van der Waals surface area (Å²) in [7, 11) is -2.82. The van der Waals surface area contributed by atoms with E-state index in [9.17, 15) is 0 Å². The van der Waals surface area contributed by atoms with Gasteiger partial charge in [0.25, 0.3) is 6.71 Å². The molecular formula is C66H43BN2O2Si. The van der Waals surface area contributed by atoms with Crippen molar-refractivity contribution in [3.8, 4) is 45.5 Å². The van der Waals surface area contributed by atoms with Gasteiger partial charge in [-0.1, -0.05) is 194 Å². The molecule has 2 aliphatic heterocycles. The summed E-state index contributed by atoms with van der Waals surface area (Å²) in [5.41, 5.74) is 12.3. The minimum absolute atomic E-state index is 0.0979. The minimum atomic E-state index is -2.82. The zero-order valence-electron chi connectivity index (χ0n) is 39.1. The molecule has 2 aliphatic rings. The highest BCUT2D eigenvalue weighted by Crippen LogP contribution is 2.43. The average Bonchev–Trinajstić information content (AvgIpc) is 3.97. The Hall–Kier alpha value is -9.10. The van der Waals surface area contributed by atoms with Gasteiger partial charge in [-0.3, -0.25) is 0 Å². The predicted octanol–water partition coefficient (Wildman–Crippen LogP) is 11.7. The maximum Gasteiger partial charge on any atom is 0.260 e. The lowest BCUT2D eigenvalue weighted by Gasteiger charge is -2.35. The second-order valence-electron chi connectivity index (χ2n) is 19.1. The van der Waals surface area contributed by atoms with E-state index in [0.717, 1.165) is 72.9 Å². The molecule has 0 saturated heterocycles. The summed E-state index contributed by atoms with van der Waals surface area (Å²) in [6.07, 6.45) is 0. The maximum absolute atomic E-state index is 7.43. The van der Waals surface area contributed by atoms with Crippen molar-refractivity contribution in [2.75, 3.05) is 0 Å². The van der Waals surface area contributed by atoms with Crippen LogP contribution >= 0.6 is 0 Å². The number of hydrogen-bond donors (Lipinski definition) is 0. The Balaban J connectivity index is 0.913. The fraction of sp³-hybridized carbons (Fsp3) is 0. The molecule has 2 aromatic heterocycles. The number of hydrogen-bond acceptors (Lipinski definition) is 2. The van der Waals surface area contributed by atoms with Crippen molar-refractivity contribution in [3.63, 3.8) is 0 Å². The lowest BCUT2D eigenvalue weighted by Crippen LogP contribution is -2.74. The van der Waals surface area contributed by atoms with Crippen LogP contribution < -0.4 is 46.6 Å². The van der Waals surface area contributed by atoms with Crippen LogP contribution in [0.1, 0.15) is 0 Å². The Kier molecular flexibility index (Phi) is 9.04. The summed E-state index contributed by atoms with van der Waals surface area (Å²) in [6.45, 7) is -0.0979. The quantitative estimate of drug-likeness (QED) is 0.118. The van der Waals surface area contributed by atoms with Gasteiger partial charge in [-0.2, -0.15) is 0 Å². The minimum Gasteiger partial charge on any atom is -0.458 e. The van der Waals surface area contributed by atoms with Gasteiger partial charge < -0.3 is 18.6 Å². The molecule has 0 aliphatic carbocycles. The molecule has 4 nitrogen and oxygen atoms in total. The van der Waals surface area contributed by atoms with Crippen LogP contribution in [0, 0.1) is 0 Å². The molecule has 0 spiro atoms. The largest absolute Gasteiger partial charge is 0.458 e. The number of nitrogens with zero attached hydrogens (tertiary/aromatic N) is 2. The molecule has 0 saturated carbocycles. The van der Waals surface area contributed by atoms with Crippen LogP contribution in [-0.2, 0) is 0 Å². The van der Waals surface area contributed by atoms with E-state index in [1.165, 1.54) is 53.3 Å². The Bertz CT molecular complexity index is 4150. The Labute approximate surface area is 418 Å². The fourth-order valence-electron chi connectivity index (χ4n) is 12.4. The van der Waals surface area contributed by atoms with Crippen molar-refractivity contribution >= 4 is 95.5 Å². The lowest BCUT2D eigenvalue weighted by molar-refractivity contribution is 0.465. The number of para-hydroxylation sites is 4. The zero-order valence-corrected chi connectivity index (χ0v) is 40.1. The van der Waals surface area contributed by atoms with Crippen molar-refractivity contribution < 1.29 is 9.47 Å². The summed E-state index contributed by atoms with van der Waals surface area (Å²) < 4.78 is 19.0. The molecule has 4 heterocycles. The first-order valence-electron chi connectivity index (χ1n) is 24.8. The summed E-state index contributed by atoms with van der Waals surface area (Å²) in [5, 5.41) is 10.2. The molecule has 0 fully saturated rings. The molecule has 0 atom stereocenters. The first kappa shape index (κ1) is 40.8. The van der Waals surface area contributed by atoms with Gasteiger partial charge in [0.1, 0.15) is 23.0 Å². The highest BCUT2D eigenvalue weighted by Gasteiger charge is 2.43. The normalized spacial score (nSPS) is 12.6. The Morgan fingerprint density at radius 3 is 1.46 bits per heavy atom. The number of benzene rings is 11. The van der Waals surface area contributed by atoms with Crippen molar-refractivity contribution in [2.24, 2.45) is 0 Å². The third-order valence-corrected chi connectivity index (χ3v) is 20.2. The zero-order chi connectivity index (χ0) is 47.3. The topological polar surface area (TPSA) is 28.3 Å². The lowest BCUT2D eigenvalue weighted by atomic mass is 9.34. The third-order valence-electron chi connectivity index (χ3n) is 15.4. The van der Waals surface area contributed by atoms with E-state index in [2.05, 4.69) is 270 Å². The van der Waals surface area contributed by atoms with Gasteiger partial charge in [0.15, 0.2) is 8.07 Å². The third kappa shape index (κ3) is 5.93. The standard InChI is InChI=1S/C66H43BN2O2Si/c1-4-20-47(21-5-1)72(48-22-6-2-7-23-48,49-24-8-3-9-25-49)50-26-18-19-44(41-50)51-37-40-63-65-66(51)71-64-43-46(35-38-57(64)67(65)56-30-13-17-34-62(56)70-63)69-60-33-16-12-29-54(60)55-42-45(36-39-61(55)69)68-58-31-14-10-27-52(58)53-28-11-15-32-59(53)68/h1-43H. The van der Waals surface area contributed by atoms with Crippen molar-refractivity contribution in [1.29, 1.82) is 0 Å². The van der Waals surface area contributed by atoms with Gasteiger partial charge in [-0.15, -0.1) is 0 Å². The number of rotatable bonds is 7. The molecule has 0 unspecified atom stereocenters. The van der Waals surface area contributed by atoms with Gasteiger partial charge in [-0.05, 0) is 97.9 Å². The van der Waals surface area contributed by atoms with Gasteiger partial charge in [0.05, 0.1) is 22.1 Å². The molecular weight excluding hydrogens is 892 g/mol. The first-order valence-corrected chi connectivity index (χ1v) is 26.8. The van der Waals surface area contributed by atoms with Crippen LogP contribution in [0.4, 0.5) is 0 Å². The number of fused-ring (bicyclic) bond motifs is 10. The van der Waals surface area contributed by atoms with E-state index in [1.54, 1.807) is 0 Å². The molecule has 336 valence electrons. The molecule has 15 rings (SSSR count). The van der Waals surface area contributed by atoms with Crippen LogP contribution in [0.2, 0.25) is 0 Å². The van der Waals surface area contributed by atoms with Crippen molar-refractivity contribution in [1.82, 2.24) is 9.13 Å². The van der Waals surface area contributed by atoms with Crippen LogP contribution in [0.25, 0.3) is 66.1 Å². The van der Waals surface area contributed by atoms with Crippen LogP contribution in [-0.4, -0.2) is 23.9 Å². The molecule has 0 N–H and O–H groups in total. The van der Waals surface area contributed by atoms with Gasteiger partial charge in [0.2, 0.25) is 0 Å². The van der Waals surface area contributed by atoms with Gasteiger partial charge in [0, 0.05) is 50.0 Å². The maximum atomic E-state index is 7.43. The summed E-state index contributed by atoms with van der Waals surface area (Å²) in [6, 6.07) is 95.4. The van der Waals surface area contributed by atoms with Gasteiger partial charge in [-0.25, -0.2) is 0 Å². The van der Waals surface area contributed by atoms with Crippen LogP contribution in [0.15, 0.2) is 261 Å². The highest BCUT2D eigenvalue weighted by molar-refractivity contribution is 7.20. The van der Waals surface area contributed by atoms with Gasteiger partial charge >= 0.3 is 0 Å². The van der Waals surface area contributed by atoms with E-state index in [-0.39, 0.29) is 6.71 Å². The molecule has 6 heteroatoms. The second-order valence-corrected chi connectivity index (χ2v) is 22.9. The Morgan fingerprint density at radius 2 is 0.819 bits per heavy atom. The predicted molar refractivity (Wildman–Crippen MR) is 302 cm³/mol. The SMILES string of the molecule is c1ccc([Si](c2ccccc2)(c2ccccc2)c2cccc(-c3ccc4c5c3Oc3cc(-n6c7ccccc7c7cc(-n8c9ccccc9c9ccccc98)ccc76)ccc3B5c3ccccc3O4)c2)cc1. The average molecular weight is 935 g/mol. The molecule has 72 heavy (non-hydrogen) atoms. The molecule has 0 amide bonds. The molecule has 0 bridgehead atoms. The van der Waals surface area contributed by atoms with Crippen LogP contribution in [0.5, 0.6) is 23.0 Å².